The van der Waals surface area contributed by atoms with Crippen LogP contribution in [-0.4, -0.2) is 29.9 Å². The standard InChI is InChI=1S/C33H31N6.Ir/c1-31(2)25-9-7-23(19-26(25)32(3,4)33(31,5)6)27-10-8-24(20-36-27)30-38-28(21-11-15-34-16-12-21)37-29(39-30)22-13-17-35-18-14-22;/h8-20H,1-6H3;/q-1;. The van der Waals surface area contributed by atoms with Gasteiger partial charge in [0.1, 0.15) is 0 Å². The van der Waals surface area contributed by atoms with E-state index in [1.165, 1.54) is 11.1 Å². The molecule has 1 radical (unpaired) electrons. The summed E-state index contributed by atoms with van der Waals surface area (Å²) in [5.74, 6) is 1.72. The molecule has 0 aliphatic heterocycles. The van der Waals surface area contributed by atoms with Crippen molar-refractivity contribution in [3.05, 3.63) is 96.7 Å². The van der Waals surface area contributed by atoms with Gasteiger partial charge in [-0.25, -0.2) is 15.0 Å². The van der Waals surface area contributed by atoms with Crippen LogP contribution in [0.1, 0.15) is 52.7 Å². The Labute approximate surface area is 249 Å². The van der Waals surface area contributed by atoms with E-state index < -0.39 is 0 Å². The first-order valence-electron chi connectivity index (χ1n) is 13.2. The third-order valence-corrected chi connectivity index (χ3v) is 9.23. The van der Waals surface area contributed by atoms with Gasteiger partial charge in [-0.05, 0) is 46.2 Å². The van der Waals surface area contributed by atoms with Gasteiger partial charge in [0.25, 0.3) is 0 Å². The van der Waals surface area contributed by atoms with E-state index in [1.54, 1.807) is 24.8 Å². The minimum absolute atomic E-state index is 0. The monoisotopic (exact) mass is 704 g/mol. The molecule has 0 saturated carbocycles. The van der Waals surface area contributed by atoms with Crippen molar-refractivity contribution in [2.75, 3.05) is 0 Å². The second-order valence-corrected chi connectivity index (χ2v) is 11.8. The molecular formula is C33H31IrN6-. The molecule has 0 amide bonds. The Morgan fingerprint density at radius 1 is 0.600 bits per heavy atom. The molecule has 203 valence electrons. The van der Waals surface area contributed by atoms with Gasteiger partial charge in [-0.2, -0.15) is 0 Å². The molecule has 7 heteroatoms. The predicted molar refractivity (Wildman–Crippen MR) is 154 cm³/mol. The smallest absolute Gasteiger partial charge is 0.165 e. The number of fused-ring (bicyclic) bond motifs is 1. The number of rotatable bonds is 4. The zero-order chi connectivity index (χ0) is 27.4. The molecule has 0 atom stereocenters. The van der Waals surface area contributed by atoms with Crippen LogP contribution in [0.4, 0.5) is 0 Å². The fraction of sp³-hybridized carbons (Fsp3) is 0.273. The second-order valence-electron chi connectivity index (χ2n) is 11.8. The van der Waals surface area contributed by atoms with Crippen molar-refractivity contribution >= 4 is 0 Å². The van der Waals surface area contributed by atoms with E-state index >= 15 is 0 Å². The van der Waals surface area contributed by atoms with Crippen molar-refractivity contribution in [2.24, 2.45) is 5.41 Å². The molecule has 6 nitrogen and oxygen atoms in total. The summed E-state index contributed by atoms with van der Waals surface area (Å²) in [6.45, 7) is 14.1. The molecule has 40 heavy (non-hydrogen) atoms. The zero-order valence-electron chi connectivity index (χ0n) is 23.5. The Morgan fingerprint density at radius 2 is 1.10 bits per heavy atom. The number of aromatic nitrogens is 6. The molecule has 0 N–H and O–H groups in total. The first kappa shape index (κ1) is 27.9. The van der Waals surface area contributed by atoms with Gasteiger partial charge >= 0.3 is 0 Å². The Kier molecular flexibility index (Phi) is 7.01. The van der Waals surface area contributed by atoms with E-state index in [-0.39, 0.29) is 36.4 Å². The number of nitrogens with zero attached hydrogens (tertiary/aromatic N) is 6. The van der Waals surface area contributed by atoms with Gasteiger partial charge in [-0.15, -0.1) is 34.9 Å². The molecule has 0 saturated heterocycles. The summed E-state index contributed by atoms with van der Waals surface area (Å²) < 4.78 is 0. The Hall–Kier alpha value is -3.67. The summed E-state index contributed by atoms with van der Waals surface area (Å²) in [5.41, 5.74) is 7.34. The molecule has 5 aromatic rings. The van der Waals surface area contributed by atoms with Crippen LogP contribution >= 0.6 is 0 Å². The predicted octanol–water partition coefficient (Wildman–Crippen LogP) is 7.12. The Bertz CT molecular complexity index is 1610. The van der Waals surface area contributed by atoms with E-state index in [9.17, 15) is 0 Å². The van der Waals surface area contributed by atoms with Crippen LogP contribution in [0.5, 0.6) is 0 Å². The maximum atomic E-state index is 4.82. The van der Waals surface area contributed by atoms with Gasteiger partial charge in [-0.1, -0.05) is 53.7 Å². The van der Waals surface area contributed by atoms with Crippen molar-refractivity contribution in [3.63, 3.8) is 0 Å². The molecule has 6 rings (SSSR count). The van der Waals surface area contributed by atoms with Crippen molar-refractivity contribution < 1.29 is 20.1 Å². The van der Waals surface area contributed by atoms with Crippen molar-refractivity contribution in [1.82, 2.24) is 29.9 Å². The molecule has 0 spiro atoms. The minimum atomic E-state index is 0. The van der Waals surface area contributed by atoms with Crippen LogP contribution in [0.3, 0.4) is 0 Å². The van der Waals surface area contributed by atoms with Gasteiger partial charge in [0, 0.05) is 67.8 Å². The molecule has 1 aliphatic carbocycles. The molecule has 4 aromatic heterocycles. The fourth-order valence-electron chi connectivity index (χ4n) is 5.58. The number of hydrogen-bond donors (Lipinski definition) is 0. The minimum Gasteiger partial charge on any atom is -0.304 e. The molecule has 0 fully saturated rings. The van der Waals surface area contributed by atoms with Crippen LogP contribution in [0.25, 0.3) is 45.4 Å². The molecule has 1 aliphatic rings. The fourth-order valence-corrected chi connectivity index (χ4v) is 5.58. The van der Waals surface area contributed by atoms with Crippen LogP contribution < -0.4 is 0 Å². The van der Waals surface area contributed by atoms with Crippen LogP contribution in [-0.2, 0) is 30.9 Å². The average molecular weight is 704 g/mol. The van der Waals surface area contributed by atoms with Crippen molar-refractivity contribution in [3.8, 4) is 45.4 Å². The van der Waals surface area contributed by atoms with Crippen LogP contribution in [0.2, 0.25) is 0 Å². The van der Waals surface area contributed by atoms with E-state index in [4.69, 9.17) is 19.9 Å². The van der Waals surface area contributed by atoms with Crippen molar-refractivity contribution in [1.29, 1.82) is 0 Å². The van der Waals surface area contributed by atoms with Gasteiger partial charge in [0.15, 0.2) is 17.5 Å². The normalized spacial score (nSPS) is 16.1. The van der Waals surface area contributed by atoms with Crippen LogP contribution in [0.15, 0.2) is 79.5 Å². The van der Waals surface area contributed by atoms with E-state index in [1.807, 2.05) is 42.6 Å². The summed E-state index contributed by atoms with van der Waals surface area (Å²) in [7, 11) is 0. The first-order valence-corrected chi connectivity index (χ1v) is 13.2. The van der Waals surface area contributed by atoms with E-state index in [0.29, 0.717) is 17.5 Å². The van der Waals surface area contributed by atoms with Gasteiger partial charge in [-0.3, -0.25) is 9.97 Å². The third kappa shape index (κ3) is 4.38. The molecule has 1 aromatic carbocycles. The number of hydrogen-bond acceptors (Lipinski definition) is 6. The summed E-state index contributed by atoms with van der Waals surface area (Å²) in [4.78, 5) is 27.4. The zero-order valence-corrected chi connectivity index (χ0v) is 25.9. The quantitative estimate of drug-likeness (QED) is 0.186. The third-order valence-electron chi connectivity index (χ3n) is 9.23. The molecular weight excluding hydrogens is 673 g/mol. The summed E-state index contributed by atoms with van der Waals surface area (Å²) in [6.07, 6.45) is 8.77. The number of benzene rings is 1. The maximum absolute atomic E-state index is 4.82. The Morgan fingerprint density at radius 3 is 1.60 bits per heavy atom. The molecule has 0 bridgehead atoms. The number of pyridine rings is 3. The van der Waals surface area contributed by atoms with E-state index in [0.717, 1.165) is 27.9 Å². The largest absolute Gasteiger partial charge is 0.304 e. The summed E-state index contributed by atoms with van der Waals surface area (Å²) in [5, 5.41) is 0. The van der Waals surface area contributed by atoms with Gasteiger partial charge in [0.2, 0.25) is 0 Å². The topological polar surface area (TPSA) is 77.3 Å². The van der Waals surface area contributed by atoms with Crippen molar-refractivity contribution in [2.45, 2.75) is 52.4 Å². The van der Waals surface area contributed by atoms with Gasteiger partial charge in [0.05, 0.1) is 0 Å². The maximum Gasteiger partial charge on any atom is 0.165 e. The summed E-state index contributed by atoms with van der Waals surface area (Å²) >= 11 is 0. The van der Waals surface area contributed by atoms with Gasteiger partial charge < -0.3 is 4.98 Å². The second kappa shape index (κ2) is 10.1. The molecule has 4 heterocycles. The SMILES string of the molecule is CC1(C)c2c[c-]c(-c3ccc(-c4nc(-c5ccncc5)nc(-c5ccncc5)n4)cn3)cc2C(C)(C)C1(C)C.[Ir]. The summed E-state index contributed by atoms with van der Waals surface area (Å²) in [6, 6.07) is 19.6. The van der Waals surface area contributed by atoms with Crippen LogP contribution in [0, 0.1) is 11.5 Å². The first-order chi connectivity index (χ1) is 18.6. The molecule has 0 unspecified atom stereocenters. The van der Waals surface area contributed by atoms with E-state index in [2.05, 4.69) is 69.7 Å². The Balaban J connectivity index is 0.00000323. The average Bonchev–Trinajstić information content (AvgIpc) is 3.07.